The first-order valence-corrected chi connectivity index (χ1v) is 7.24. The summed E-state index contributed by atoms with van der Waals surface area (Å²) in [5, 5.41) is 19.2. The molecule has 0 spiro atoms. The van der Waals surface area contributed by atoms with Crippen LogP contribution in [0, 0.1) is 11.3 Å². The zero-order valence-electron chi connectivity index (χ0n) is 11.8. The third-order valence-electron chi connectivity index (χ3n) is 3.21. The van der Waals surface area contributed by atoms with E-state index in [1.165, 1.54) is 0 Å². The van der Waals surface area contributed by atoms with E-state index in [4.69, 9.17) is 16.9 Å². The first-order chi connectivity index (χ1) is 10.2. The maximum Gasteiger partial charge on any atom is 0.165 e. The largest absolute Gasteiger partial charge is 0.374 e. The summed E-state index contributed by atoms with van der Waals surface area (Å²) in [6.45, 7) is 2.95. The fourth-order valence-corrected chi connectivity index (χ4v) is 2.32. The Kier molecular flexibility index (Phi) is 5.21. The average molecular weight is 301 g/mol. The minimum absolute atomic E-state index is 0.602. The van der Waals surface area contributed by atoms with E-state index in [0.29, 0.717) is 10.6 Å². The summed E-state index contributed by atoms with van der Waals surface area (Å²) in [4.78, 5) is 2.14. The molecule has 0 aliphatic heterocycles. The zero-order valence-corrected chi connectivity index (χ0v) is 12.6. The monoisotopic (exact) mass is 300 g/mol. The summed E-state index contributed by atoms with van der Waals surface area (Å²) in [6.07, 6.45) is -0.119. The van der Waals surface area contributed by atoms with Gasteiger partial charge in [0.1, 0.15) is 0 Å². The first-order valence-electron chi connectivity index (χ1n) is 6.86. The Balaban J connectivity index is 2.38. The van der Waals surface area contributed by atoms with Gasteiger partial charge in [-0.25, -0.2) is 0 Å². The molecule has 3 nitrogen and oxygen atoms in total. The highest BCUT2D eigenvalue weighted by atomic mass is 35.5. The molecule has 0 amide bonds. The topological polar surface area (TPSA) is 47.3 Å². The number of aliphatic hydroxyl groups excluding tert-OH is 1. The van der Waals surface area contributed by atoms with Crippen molar-refractivity contribution in [1.29, 1.82) is 5.26 Å². The van der Waals surface area contributed by atoms with Crippen molar-refractivity contribution in [2.75, 3.05) is 11.4 Å². The molecule has 2 aromatic rings. The van der Waals surface area contributed by atoms with Crippen molar-refractivity contribution in [2.24, 2.45) is 0 Å². The first kappa shape index (κ1) is 15.4. The molecule has 0 aliphatic rings. The summed E-state index contributed by atoms with van der Waals surface area (Å²) in [5.74, 6) is 0. The van der Waals surface area contributed by atoms with E-state index >= 15 is 0 Å². The Morgan fingerprint density at radius 1 is 1.19 bits per heavy atom. The lowest BCUT2D eigenvalue weighted by Gasteiger charge is -2.25. The van der Waals surface area contributed by atoms with Gasteiger partial charge in [-0.05, 0) is 48.4 Å². The van der Waals surface area contributed by atoms with Crippen LogP contribution in [-0.2, 0) is 0 Å². The molecule has 2 aromatic carbocycles. The second-order valence-electron chi connectivity index (χ2n) is 4.75. The summed E-state index contributed by atoms with van der Waals surface area (Å²) in [7, 11) is 0. The number of nitrogens with zero attached hydrogens (tertiary/aromatic N) is 2. The van der Waals surface area contributed by atoms with Crippen molar-refractivity contribution < 1.29 is 5.11 Å². The van der Waals surface area contributed by atoms with Crippen molar-refractivity contribution in [2.45, 2.75) is 19.4 Å². The van der Waals surface area contributed by atoms with Gasteiger partial charge in [0, 0.05) is 22.9 Å². The van der Waals surface area contributed by atoms with Crippen LogP contribution in [0.5, 0.6) is 0 Å². The van der Waals surface area contributed by atoms with Crippen LogP contribution in [0.1, 0.15) is 25.0 Å². The molecule has 0 saturated carbocycles. The third kappa shape index (κ3) is 3.75. The Morgan fingerprint density at radius 3 is 2.52 bits per heavy atom. The molecule has 4 heteroatoms. The number of anilines is 2. The molecular formula is C17H17ClN2O. The van der Waals surface area contributed by atoms with Gasteiger partial charge in [0.25, 0.3) is 0 Å². The van der Waals surface area contributed by atoms with Crippen LogP contribution in [0.3, 0.4) is 0 Å². The normalized spacial score (nSPS) is 11.7. The Labute approximate surface area is 130 Å². The minimum atomic E-state index is -1.10. The lowest BCUT2D eigenvalue weighted by molar-refractivity contribution is 0.236. The molecule has 1 unspecified atom stereocenters. The highest BCUT2D eigenvalue weighted by Gasteiger charge is 2.11. The SMILES string of the molecule is CCCN(c1ccc(Cl)cc1)c1cccc(C(O)C#N)c1. The fraction of sp³-hybridized carbons (Fsp3) is 0.235. The number of hydrogen-bond acceptors (Lipinski definition) is 3. The Bertz CT molecular complexity index is 634. The zero-order chi connectivity index (χ0) is 15.2. The number of halogens is 1. The van der Waals surface area contributed by atoms with E-state index in [9.17, 15) is 5.11 Å². The van der Waals surface area contributed by atoms with Crippen LogP contribution in [0.4, 0.5) is 11.4 Å². The summed E-state index contributed by atoms with van der Waals surface area (Å²) in [5.41, 5.74) is 2.58. The van der Waals surface area contributed by atoms with E-state index in [1.54, 1.807) is 6.07 Å². The summed E-state index contributed by atoms with van der Waals surface area (Å²) >= 11 is 5.94. The highest BCUT2D eigenvalue weighted by molar-refractivity contribution is 6.30. The van der Waals surface area contributed by atoms with Crippen molar-refractivity contribution in [3.05, 3.63) is 59.1 Å². The number of rotatable bonds is 5. The predicted octanol–water partition coefficient (Wildman–Crippen LogP) is 4.45. The van der Waals surface area contributed by atoms with Crippen LogP contribution >= 0.6 is 11.6 Å². The third-order valence-corrected chi connectivity index (χ3v) is 3.46. The van der Waals surface area contributed by atoms with Crippen LogP contribution in [0.15, 0.2) is 48.5 Å². The summed E-state index contributed by atoms with van der Waals surface area (Å²) in [6, 6.07) is 16.9. The fourth-order valence-electron chi connectivity index (χ4n) is 2.19. The molecule has 21 heavy (non-hydrogen) atoms. The molecule has 0 radical (unpaired) electrons. The van der Waals surface area contributed by atoms with Crippen molar-refractivity contribution >= 4 is 23.0 Å². The van der Waals surface area contributed by atoms with Gasteiger partial charge < -0.3 is 10.0 Å². The predicted molar refractivity (Wildman–Crippen MR) is 85.8 cm³/mol. The van der Waals surface area contributed by atoms with Crippen LogP contribution in [0.25, 0.3) is 0 Å². The molecule has 108 valence electrons. The smallest absolute Gasteiger partial charge is 0.165 e. The average Bonchev–Trinajstić information content (AvgIpc) is 2.53. The van der Waals surface area contributed by atoms with Gasteiger partial charge in [0.2, 0.25) is 0 Å². The Morgan fingerprint density at radius 2 is 1.90 bits per heavy atom. The molecule has 0 fully saturated rings. The second-order valence-corrected chi connectivity index (χ2v) is 5.19. The molecule has 2 rings (SSSR count). The number of aliphatic hydroxyl groups is 1. The molecule has 0 aliphatic carbocycles. The molecule has 0 heterocycles. The summed E-state index contributed by atoms with van der Waals surface area (Å²) < 4.78 is 0. The molecule has 0 bridgehead atoms. The molecule has 0 saturated heterocycles. The quantitative estimate of drug-likeness (QED) is 0.830. The maximum atomic E-state index is 9.68. The van der Waals surface area contributed by atoms with Crippen LogP contribution in [0.2, 0.25) is 5.02 Å². The maximum absolute atomic E-state index is 9.68. The lowest BCUT2D eigenvalue weighted by atomic mass is 10.1. The number of benzene rings is 2. The van der Waals surface area contributed by atoms with Crippen molar-refractivity contribution in [1.82, 2.24) is 0 Å². The molecule has 1 N–H and O–H groups in total. The van der Waals surface area contributed by atoms with Gasteiger partial charge in [-0.15, -0.1) is 0 Å². The molecule has 0 aromatic heterocycles. The van der Waals surface area contributed by atoms with E-state index in [0.717, 1.165) is 24.3 Å². The van der Waals surface area contributed by atoms with Crippen LogP contribution in [-0.4, -0.2) is 11.7 Å². The van der Waals surface area contributed by atoms with Crippen molar-refractivity contribution in [3.63, 3.8) is 0 Å². The molecule has 1 atom stereocenters. The molecular weight excluding hydrogens is 284 g/mol. The standard InChI is InChI=1S/C17H17ClN2O/c1-2-10-20(15-8-6-14(18)7-9-15)16-5-3-4-13(11-16)17(21)12-19/h3-9,11,17,21H,2,10H2,1H3. The van der Waals surface area contributed by atoms with Gasteiger partial charge in [-0.3, -0.25) is 0 Å². The van der Waals surface area contributed by atoms with E-state index < -0.39 is 6.10 Å². The number of hydrogen-bond donors (Lipinski definition) is 1. The van der Waals surface area contributed by atoms with Gasteiger partial charge in [0.05, 0.1) is 6.07 Å². The van der Waals surface area contributed by atoms with Gasteiger partial charge in [-0.1, -0.05) is 30.7 Å². The van der Waals surface area contributed by atoms with Crippen LogP contribution < -0.4 is 4.90 Å². The minimum Gasteiger partial charge on any atom is -0.374 e. The van der Waals surface area contributed by atoms with Gasteiger partial charge in [-0.2, -0.15) is 5.26 Å². The van der Waals surface area contributed by atoms with Gasteiger partial charge in [0.15, 0.2) is 6.10 Å². The van der Waals surface area contributed by atoms with Gasteiger partial charge >= 0.3 is 0 Å². The number of nitriles is 1. The lowest BCUT2D eigenvalue weighted by Crippen LogP contribution is -2.18. The highest BCUT2D eigenvalue weighted by Crippen LogP contribution is 2.28. The van der Waals surface area contributed by atoms with Crippen molar-refractivity contribution in [3.8, 4) is 6.07 Å². The van der Waals surface area contributed by atoms with E-state index in [1.807, 2.05) is 48.5 Å². The second kappa shape index (κ2) is 7.12. The van der Waals surface area contributed by atoms with E-state index in [2.05, 4.69) is 11.8 Å². The van der Waals surface area contributed by atoms with E-state index in [-0.39, 0.29) is 0 Å². The Hall–Kier alpha value is -2.02.